The van der Waals surface area contributed by atoms with Gasteiger partial charge in [-0.2, -0.15) is 0 Å². The van der Waals surface area contributed by atoms with Gasteiger partial charge >= 0.3 is 0 Å². The number of sulfonamides is 1. The van der Waals surface area contributed by atoms with E-state index in [-0.39, 0.29) is 16.1 Å². The van der Waals surface area contributed by atoms with E-state index in [1.54, 1.807) is 48.5 Å². The predicted molar refractivity (Wildman–Crippen MR) is 141 cm³/mol. The summed E-state index contributed by atoms with van der Waals surface area (Å²) in [6.45, 7) is 0. The molecule has 1 aromatic heterocycles. The zero-order valence-electron chi connectivity index (χ0n) is 18.2. The molecule has 0 saturated carbocycles. The summed E-state index contributed by atoms with van der Waals surface area (Å²) in [5, 5.41) is 2.83. The number of imidazole rings is 1. The Kier molecular flexibility index (Phi) is 6.10. The quantitative estimate of drug-likeness (QED) is 0.241. The molecule has 9 heteroatoms. The fourth-order valence-electron chi connectivity index (χ4n) is 3.59. The highest BCUT2D eigenvalue weighted by Crippen LogP contribution is 2.25. The molecule has 0 spiro atoms. The van der Waals surface area contributed by atoms with Gasteiger partial charge in [-0.3, -0.25) is 9.52 Å². The van der Waals surface area contributed by atoms with Crippen LogP contribution in [0.3, 0.4) is 0 Å². The smallest absolute Gasteiger partial charge is 0.261 e. The lowest BCUT2D eigenvalue weighted by molar-refractivity contribution is 0.102. The van der Waals surface area contributed by atoms with Crippen LogP contribution in [0.2, 0.25) is 0 Å². The summed E-state index contributed by atoms with van der Waals surface area (Å²) >= 11 is 3.29. The number of nitrogens with zero attached hydrogens (tertiary/aromatic N) is 1. The van der Waals surface area contributed by atoms with Crippen LogP contribution in [0.1, 0.15) is 10.4 Å². The first kappa shape index (κ1) is 22.8. The minimum atomic E-state index is -3.87. The van der Waals surface area contributed by atoms with Crippen LogP contribution in [-0.4, -0.2) is 24.3 Å². The summed E-state index contributed by atoms with van der Waals surface area (Å²) in [5.41, 5.74) is 3.66. The number of aromatic nitrogens is 2. The largest absolute Gasteiger partial charge is 0.338 e. The lowest BCUT2D eigenvalue weighted by Crippen LogP contribution is -2.18. The summed E-state index contributed by atoms with van der Waals surface area (Å²) in [6, 6.07) is 27.7. The average Bonchev–Trinajstić information content (AvgIpc) is 3.29. The van der Waals surface area contributed by atoms with Crippen molar-refractivity contribution in [1.82, 2.24) is 9.97 Å². The highest BCUT2D eigenvalue weighted by Gasteiger charge is 2.19. The molecular weight excluding hydrogens is 528 g/mol. The summed E-state index contributed by atoms with van der Waals surface area (Å²) in [4.78, 5) is 21.0. The van der Waals surface area contributed by atoms with Gasteiger partial charge in [0.05, 0.1) is 27.2 Å². The number of H-pyrrole nitrogens is 1. The molecule has 7 nitrogen and oxygen atoms in total. The van der Waals surface area contributed by atoms with Gasteiger partial charge in [-0.05, 0) is 72.8 Å². The Bertz CT molecular complexity index is 1600. The number of carbonyl (C=O) groups is 1. The molecule has 0 fully saturated rings. The molecule has 35 heavy (non-hydrogen) atoms. The predicted octanol–water partition coefficient (Wildman–Crippen LogP) is 6.05. The van der Waals surface area contributed by atoms with Crippen LogP contribution in [0, 0.1) is 0 Å². The van der Waals surface area contributed by atoms with E-state index >= 15 is 0 Å². The van der Waals surface area contributed by atoms with Gasteiger partial charge in [0.2, 0.25) is 0 Å². The molecule has 0 bridgehead atoms. The molecule has 0 aliphatic carbocycles. The second-order valence-corrected chi connectivity index (χ2v) is 10.3. The molecule has 174 valence electrons. The minimum Gasteiger partial charge on any atom is -0.338 e. The number of carbonyl (C=O) groups excluding carboxylic acids is 1. The van der Waals surface area contributed by atoms with Gasteiger partial charge in [-0.25, -0.2) is 13.4 Å². The number of nitrogens with one attached hydrogen (secondary N) is 3. The van der Waals surface area contributed by atoms with Gasteiger partial charge < -0.3 is 10.3 Å². The standard InChI is InChI=1S/C26H19BrN4O3S/c27-18-11-15-20(16-12-18)35(33,34)31-22-6-2-1-5-21(22)26(32)28-19-13-9-17(10-14-19)25-29-23-7-3-4-8-24(23)30-25/h1-16,31H,(H,28,32)(H,29,30). The van der Waals surface area contributed by atoms with Crippen molar-refractivity contribution in [2.24, 2.45) is 0 Å². The van der Waals surface area contributed by atoms with Gasteiger partial charge in [0, 0.05) is 15.7 Å². The van der Waals surface area contributed by atoms with Crippen molar-refractivity contribution in [3.63, 3.8) is 0 Å². The Morgan fingerprint density at radius 2 is 1.51 bits per heavy atom. The molecule has 0 atom stereocenters. The Hall–Kier alpha value is -3.95. The molecule has 0 aliphatic rings. The number of halogens is 1. The molecule has 1 amide bonds. The number of hydrogen-bond acceptors (Lipinski definition) is 4. The van der Waals surface area contributed by atoms with Gasteiger partial charge in [0.1, 0.15) is 5.82 Å². The Labute approximate surface area is 210 Å². The first-order valence-corrected chi connectivity index (χ1v) is 12.9. The van der Waals surface area contributed by atoms with Gasteiger partial charge in [-0.1, -0.05) is 40.2 Å². The van der Waals surface area contributed by atoms with Crippen LogP contribution in [0.4, 0.5) is 11.4 Å². The van der Waals surface area contributed by atoms with Crippen molar-refractivity contribution in [3.8, 4) is 11.4 Å². The van der Waals surface area contributed by atoms with E-state index in [4.69, 9.17) is 0 Å². The summed E-state index contributed by atoms with van der Waals surface area (Å²) < 4.78 is 28.9. The first-order valence-electron chi connectivity index (χ1n) is 10.6. The van der Waals surface area contributed by atoms with E-state index in [0.29, 0.717) is 5.69 Å². The summed E-state index contributed by atoms with van der Waals surface area (Å²) in [5.74, 6) is 0.298. The van der Waals surface area contributed by atoms with Crippen LogP contribution in [0.15, 0.2) is 106 Å². The summed E-state index contributed by atoms with van der Waals surface area (Å²) in [7, 11) is -3.87. The van der Waals surface area contributed by atoms with Crippen LogP contribution in [0.25, 0.3) is 22.4 Å². The third-order valence-corrected chi connectivity index (χ3v) is 7.26. The zero-order chi connectivity index (χ0) is 24.4. The number of amides is 1. The molecular formula is C26H19BrN4O3S. The maximum Gasteiger partial charge on any atom is 0.261 e. The second kappa shape index (κ2) is 9.36. The maximum absolute atomic E-state index is 13.0. The monoisotopic (exact) mass is 546 g/mol. The number of benzene rings is 4. The fraction of sp³-hybridized carbons (Fsp3) is 0. The van der Waals surface area contributed by atoms with Crippen molar-refractivity contribution in [2.75, 3.05) is 10.0 Å². The third-order valence-electron chi connectivity index (χ3n) is 5.35. The molecule has 1 heterocycles. The van der Waals surface area contributed by atoms with E-state index in [0.717, 1.165) is 26.9 Å². The van der Waals surface area contributed by atoms with E-state index < -0.39 is 15.9 Å². The normalized spacial score (nSPS) is 11.3. The number of hydrogen-bond donors (Lipinski definition) is 3. The molecule has 0 aliphatic heterocycles. The topological polar surface area (TPSA) is 104 Å². The van der Waals surface area contributed by atoms with E-state index in [1.807, 2.05) is 36.4 Å². The summed E-state index contributed by atoms with van der Waals surface area (Å²) in [6.07, 6.45) is 0. The molecule has 0 unspecified atom stereocenters. The zero-order valence-corrected chi connectivity index (χ0v) is 20.6. The fourth-order valence-corrected chi connectivity index (χ4v) is 4.93. The molecule has 5 aromatic rings. The van der Waals surface area contributed by atoms with Crippen molar-refractivity contribution in [3.05, 3.63) is 107 Å². The number of aromatic amines is 1. The average molecular weight is 547 g/mol. The number of rotatable bonds is 6. The number of anilines is 2. The van der Waals surface area contributed by atoms with Crippen LogP contribution in [0.5, 0.6) is 0 Å². The Morgan fingerprint density at radius 1 is 0.829 bits per heavy atom. The molecule has 4 aromatic carbocycles. The van der Waals surface area contributed by atoms with E-state index in [9.17, 15) is 13.2 Å². The van der Waals surface area contributed by atoms with Gasteiger partial charge in [-0.15, -0.1) is 0 Å². The number of para-hydroxylation sites is 3. The minimum absolute atomic E-state index is 0.0945. The second-order valence-electron chi connectivity index (χ2n) is 7.74. The Balaban J connectivity index is 1.34. The lowest BCUT2D eigenvalue weighted by Gasteiger charge is -2.13. The number of fused-ring (bicyclic) bond motifs is 1. The highest BCUT2D eigenvalue weighted by molar-refractivity contribution is 9.10. The van der Waals surface area contributed by atoms with Crippen LogP contribution in [-0.2, 0) is 10.0 Å². The van der Waals surface area contributed by atoms with E-state index in [1.165, 1.54) is 12.1 Å². The highest BCUT2D eigenvalue weighted by atomic mass is 79.9. The van der Waals surface area contributed by atoms with Crippen molar-refractivity contribution < 1.29 is 13.2 Å². The van der Waals surface area contributed by atoms with E-state index in [2.05, 4.69) is 35.9 Å². The van der Waals surface area contributed by atoms with Gasteiger partial charge in [0.15, 0.2) is 0 Å². The van der Waals surface area contributed by atoms with Crippen molar-refractivity contribution in [1.29, 1.82) is 0 Å². The Morgan fingerprint density at radius 3 is 2.26 bits per heavy atom. The first-order chi connectivity index (χ1) is 16.9. The lowest BCUT2D eigenvalue weighted by atomic mass is 10.1. The molecule has 5 rings (SSSR count). The molecule has 3 N–H and O–H groups in total. The van der Waals surface area contributed by atoms with Gasteiger partial charge in [0.25, 0.3) is 15.9 Å². The molecule has 0 saturated heterocycles. The SMILES string of the molecule is O=C(Nc1ccc(-c2nc3ccccc3[nH]2)cc1)c1ccccc1NS(=O)(=O)c1ccc(Br)cc1. The van der Waals surface area contributed by atoms with Crippen LogP contribution >= 0.6 is 15.9 Å². The third kappa shape index (κ3) is 4.96. The van der Waals surface area contributed by atoms with Crippen molar-refractivity contribution in [2.45, 2.75) is 4.90 Å². The van der Waals surface area contributed by atoms with Crippen LogP contribution < -0.4 is 10.0 Å². The maximum atomic E-state index is 13.0. The van der Waals surface area contributed by atoms with Crippen molar-refractivity contribution >= 4 is 54.3 Å². The molecule has 0 radical (unpaired) electrons.